The van der Waals surface area contributed by atoms with Crippen molar-refractivity contribution in [2.45, 2.75) is 57.7 Å². The fourth-order valence-corrected chi connectivity index (χ4v) is 3.00. The van der Waals surface area contributed by atoms with Crippen LogP contribution < -0.4 is 5.32 Å². The van der Waals surface area contributed by atoms with Gasteiger partial charge in [-0.15, -0.1) is 0 Å². The van der Waals surface area contributed by atoms with Crippen molar-refractivity contribution in [2.75, 3.05) is 19.6 Å². The fourth-order valence-electron chi connectivity index (χ4n) is 3.00. The van der Waals surface area contributed by atoms with Crippen molar-refractivity contribution >= 4 is 5.97 Å². The maximum Gasteiger partial charge on any atom is 0.320 e. The highest BCUT2D eigenvalue weighted by atomic mass is 16.5. The first kappa shape index (κ1) is 12.8. The molecule has 2 heterocycles. The molecule has 4 heteroatoms. The lowest BCUT2D eigenvalue weighted by Gasteiger charge is -2.32. The van der Waals surface area contributed by atoms with E-state index in [1.165, 1.54) is 38.8 Å². The molecule has 0 saturated carbocycles. The highest BCUT2D eigenvalue weighted by Gasteiger charge is 2.35. The number of rotatable bonds is 4. The summed E-state index contributed by atoms with van der Waals surface area (Å²) in [6.07, 6.45) is 5.09. The number of carbonyl (C=O) groups is 1. The molecule has 98 valence electrons. The second kappa shape index (κ2) is 5.83. The number of fused-ring (bicyclic) bond motifs is 1. The smallest absolute Gasteiger partial charge is 0.320 e. The van der Waals surface area contributed by atoms with Crippen LogP contribution in [-0.2, 0) is 9.53 Å². The molecule has 0 aromatic rings. The highest BCUT2D eigenvalue weighted by Crippen LogP contribution is 2.26. The Labute approximate surface area is 104 Å². The topological polar surface area (TPSA) is 41.6 Å². The molecule has 0 radical (unpaired) electrons. The first-order valence-electron chi connectivity index (χ1n) is 6.83. The number of hydrogen-bond donors (Lipinski definition) is 1. The molecule has 0 bridgehead atoms. The van der Waals surface area contributed by atoms with Gasteiger partial charge in [0.25, 0.3) is 0 Å². The van der Waals surface area contributed by atoms with Crippen LogP contribution in [0.4, 0.5) is 0 Å². The summed E-state index contributed by atoms with van der Waals surface area (Å²) in [5, 5.41) is 3.37. The van der Waals surface area contributed by atoms with Gasteiger partial charge in [-0.3, -0.25) is 9.69 Å². The molecule has 2 rings (SSSR count). The summed E-state index contributed by atoms with van der Waals surface area (Å²) in [6, 6.07) is 1.13. The molecule has 2 aliphatic rings. The van der Waals surface area contributed by atoms with Crippen LogP contribution >= 0.6 is 0 Å². The van der Waals surface area contributed by atoms with Gasteiger partial charge in [0.1, 0.15) is 0 Å². The summed E-state index contributed by atoms with van der Waals surface area (Å²) in [4.78, 5) is 14.0. The molecular formula is C13H24N2O2. The Balaban J connectivity index is 1.74. The second-order valence-corrected chi connectivity index (χ2v) is 5.41. The van der Waals surface area contributed by atoms with Crippen LogP contribution in [0.25, 0.3) is 0 Å². The molecule has 0 amide bonds. The van der Waals surface area contributed by atoms with Crippen molar-refractivity contribution in [2.24, 2.45) is 0 Å². The first-order valence-corrected chi connectivity index (χ1v) is 6.83. The summed E-state index contributed by atoms with van der Waals surface area (Å²) < 4.78 is 5.13. The number of ether oxygens (including phenoxy) is 1. The lowest BCUT2D eigenvalue weighted by atomic mass is 9.99. The molecule has 0 aliphatic carbocycles. The summed E-state index contributed by atoms with van der Waals surface area (Å²) >= 11 is 0. The lowest BCUT2D eigenvalue weighted by Crippen LogP contribution is -2.46. The Morgan fingerprint density at radius 3 is 2.94 bits per heavy atom. The van der Waals surface area contributed by atoms with Crippen LogP contribution in [0.5, 0.6) is 0 Å². The van der Waals surface area contributed by atoms with Gasteiger partial charge in [0.15, 0.2) is 0 Å². The molecule has 0 aromatic heterocycles. The summed E-state index contributed by atoms with van der Waals surface area (Å²) in [5.74, 6) is -0.130. The first-order chi connectivity index (χ1) is 8.16. The van der Waals surface area contributed by atoms with Crippen molar-refractivity contribution in [1.82, 2.24) is 10.2 Å². The molecule has 17 heavy (non-hydrogen) atoms. The Kier molecular flexibility index (Phi) is 4.40. The fraction of sp³-hybridized carbons (Fsp3) is 0.923. The van der Waals surface area contributed by atoms with E-state index in [0.717, 1.165) is 0 Å². The van der Waals surface area contributed by atoms with Gasteiger partial charge in [-0.25, -0.2) is 0 Å². The minimum atomic E-state index is -0.130. The number of esters is 1. The average molecular weight is 240 g/mol. The van der Waals surface area contributed by atoms with E-state index in [0.29, 0.717) is 18.6 Å². The molecule has 2 fully saturated rings. The van der Waals surface area contributed by atoms with Crippen LogP contribution in [0.15, 0.2) is 0 Å². The van der Waals surface area contributed by atoms with Gasteiger partial charge >= 0.3 is 5.97 Å². The van der Waals surface area contributed by atoms with E-state index in [-0.39, 0.29) is 12.1 Å². The summed E-state index contributed by atoms with van der Waals surface area (Å²) in [5.41, 5.74) is 0. The van der Waals surface area contributed by atoms with Crippen LogP contribution in [0, 0.1) is 0 Å². The van der Waals surface area contributed by atoms with Gasteiger partial charge in [-0.05, 0) is 39.7 Å². The second-order valence-electron chi connectivity index (χ2n) is 5.41. The van der Waals surface area contributed by atoms with Crippen molar-refractivity contribution < 1.29 is 9.53 Å². The third-order valence-electron chi connectivity index (χ3n) is 3.73. The lowest BCUT2D eigenvalue weighted by molar-refractivity contribution is -0.146. The standard InChI is InChI=1S/C13H24N2O2/c1-10(2)17-13(16)9-14-11-6-8-15-7-4-3-5-12(11)15/h10-12,14H,3-9H2,1-2H3. The average Bonchev–Trinajstić information content (AvgIpc) is 2.69. The third-order valence-corrected chi connectivity index (χ3v) is 3.73. The molecule has 2 saturated heterocycles. The Morgan fingerprint density at radius 1 is 1.35 bits per heavy atom. The molecule has 2 unspecified atom stereocenters. The van der Waals surface area contributed by atoms with E-state index < -0.39 is 0 Å². The number of nitrogens with zero attached hydrogens (tertiary/aromatic N) is 1. The van der Waals surface area contributed by atoms with E-state index in [1.807, 2.05) is 13.8 Å². The normalized spacial score (nSPS) is 29.4. The highest BCUT2D eigenvalue weighted by molar-refractivity contribution is 5.71. The largest absolute Gasteiger partial charge is 0.462 e. The third kappa shape index (κ3) is 3.42. The maximum atomic E-state index is 11.5. The predicted octanol–water partition coefficient (Wildman–Crippen LogP) is 1.15. The van der Waals surface area contributed by atoms with Crippen molar-refractivity contribution in [3.05, 3.63) is 0 Å². The molecule has 1 N–H and O–H groups in total. The van der Waals surface area contributed by atoms with Crippen molar-refractivity contribution in [3.8, 4) is 0 Å². The van der Waals surface area contributed by atoms with Gasteiger partial charge in [0, 0.05) is 18.6 Å². The molecular weight excluding hydrogens is 216 g/mol. The van der Waals surface area contributed by atoms with E-state index in [2.05, 4.69) is 10.2 Å². The van der Waals surface area contributed by atoms with Gasteiger partial charge < -0.3 is 10.1 Å². The van der Waals surface area contributed by atoms with Gasteiger partial charge in [-0.2, -0.15) is 0 Å². The Hall–Kier alpha value is -0.610. The summed E-state index contributed by atoms with van der Waals surface area (Å²) in [7, 11) is 0. The molecule has 2 atom stereocenters. The van der Waals surface area contributed by atoms with Crippen LogP contribution in [0.1, 0.15) is 39.5 Å². The Morgan fingerprint density at radius 2 is 2.18 bits per heavy atom. The monoisotopic (exact) mass is 240 g/mol. The number of nitrogens with one attached hydrogen (secondary N) is 1. The van der Waals surface area contributed by atoms with E-state index >= 15 is 0 Å². The number of hydrogen-bond acceptors (Lipinski definition) is 4. The van der Waals surface area contributed by atoms with Gasteiger partial charge in [-0.1, -0.05) is 6.42 Å². The predicted molar refractivity (Wildman–Crippen MR) is 66.8 cm³/mol. The van der Waals surface area contributed by atoms with E-state index in [9.17, 15) is 4.79 Å². The quantitative estimate of drug-likeness (QED) is 0.749. The molecule has 2 aliphatic heterocycles. The zero-order valence-electron chi connectivity index (χ0n) is 10.9. The number of piperidine rings is 1. The van der Waals surface area contributed by atoms with Crippen LogP contribution in [0.3, 0.4) is 0 Å². The molecule has 4 nitrogen and oxygen atoms in total. The van der Waals surface area contributed by atoms with Gasteiger partial charge in [0.2, 0.25) is 0 Å². The van der Waals surface area contributed by atoms with Gasteiger partial charge in [0.05, 0.1) is 12.6 Å². The minimum Gasteiger partial charge on any atom is -0.462 e. The van der Waals surface area contributed by atoms with Crippen LogP contribution in [0.2, 0.25) is 0 Å². The SMILES string of the molecule is CC(C)OC(=O)CNC1CCN2CCCCC12. The number of carbonyl (C=O) groups excluding carboxylic acids is 1. The molecule has 0 aromatic carbocycles. The molecule has 0 spiro atoms. The van der Waals surface area contributed by atoms with Crippen molar-refractivity contribution in [1.29, 1.82) is 0 Å². The maximum absolute atomic E-state index is 11.5. The van der Waals surface area contributed by atoms with E-state index in [4.69, 9.17) is 4.74 Å². The summed E-state index contributed by atoms with van der Waals surface area (Å²) in [6.45, 7) is 6.54. The van der Waals surface area contributed by atoms with Crippen molar-refractivity contribution in [3.63, 3.8) is 0 Å². The minimum absolute atomic E-state index is 0.0148. The van der Waals surface area contributed by atoms with Crippen LogP contribution in [-0.4, -0.2) is 48.7 Å². The zero-order valence-corrected chi connectivity index (χ0v) is 10.9. The Bertz CT molecular complexity index is 268. The van der Waals surface area contributed by atoms with E-state index in [1.54, 1.807) is 0 Å². The zero-order chi connectivity index (χ0) is 12.3.